The molecule has 0 bridgehead atoms. The second-order valence-electron chi connectivity index (χ2n) is 5.88. The minimum atomic E-state index is -0.522. The van der Waals surface area contributed by atoms with E-state index in [2.05, 4.69) is 5.32 Å². The molecule has 2 rings (SSSR count). The zero-order valence-corrected chi connectivity index (χ0v) is 13.5. The Morgan fingerprint density at radius 3 is 2.83 bits per heavy atom. The number of hydrogen-bond donors (Lipinski definition) is 2. The number of nitrogens with one attached hydrogen (secondary N) is 1. The lowest BCUT2D eigenvalue weighted by molar-refractivity contribution is -0.129. The molecule has 1 aliphatic heterocycles. The van der Waals surface area contributed by atoms with Gasteiger partial charge in [-0.25, -0.2) is 4.39 Å². The summed E-state index contributed by atoms with van der Waals surface area (Å²) >= 11 is 0. The smallest absolute Gasteiger partial charge is 0.242 e. The van der Waals surface area contributed by atoms with E-state index < -0.39 is 6.04 Å². The fraction of sp³-hybridized carbons (Fsp3) is 0.588. The second-order valence-corrected chi connectivity index (χ2v) is 5.88. The van der Waals surface area contributed by atoms with Crippen LogP contribution < -0.4 is 5.32 Å². The van der Waals surface area contributed by atoms with Gasteiger partial charge in [-0.05, 0) is 37.5 Å². The lowest BCUT2D eigenvalue weighted by atomic mass is 10.0. The Bertz CT molecular complexity index is 506. The van der Waals surface area contributed by atoms with Crippen LogP contribution in [0.1, 0.15) is 31.4 Å². The molecule has 0 saturated carbocycles. The highest BCUT2D eigenvalue weighted by molar-refractivity contribution is 5.83. The molecule has 128 valence electrons. The Balaban J connectivity index is 2.13. The fourth-order valence-corrected chi connectivity index (χ4v) is 2.83. The number of amides is 1. The van der Waals surface area contributed by atoms with Gasteiger partial charge in [0.2, 0.25) is 5.91 Å². The molecule has 6 heteroatoms. The molecule has 0 aromatic heterocycles. The number of benzene rings is 1. The van der Waals surface area contributed by atoms with Crippen LogP contribution in [0, 0.1) is 5.82 Å². The van der Waals surface area contributed by atoms with Gasteiger partial charge in [0.25, 0.3) is 0 Å². The van der Waals surface area contributed by atoms with Gasteiger partial charge in [-0.2, -0.15) is 0 Å². The van der Waals surface area contributed by atoms with E-state index in [1.165, 1.54) is 12.1 Å². The van der Waals surface area contributed by atoms with Crippen molar-refractivity contribution < 1.29 is 19.0 Å². The molecule has 1 fully saturated rings. The molecular weight excluding hydrogens is 299 g/mol. The number of aliphatic hydroxyl groups excluding tert-OH is 1. The van der Waals surface area contributed by atoms with E-state index in [0.29, 0.717) is 44.7 Å². The molecule has 5 nitrogen and oxygen atoms in total. The van der Waals surface area contributed by atoms with Crippen LogP contribution in [0.5, 0.6) is 0 Å². The lowest BCUT2D eigenvalue weighted by Crippen LogP contribution is -2.47. The van der Waals surface area contributed by atoms with Gasteiger partial charge in [0.05, 0.1) is 13.2 Å². The third-order valence-corrected chi connectivity index (χ3v) is 4.01. The van der Waals surface area contributed by atoms with Crippen molar-refractivity contribution in [2.75, 3.05) is 32.9 Å². The van der Waals surface area contributed by atoms with E-state index in [-0.39, 0.29) is 24.4 Å². The van der Waals surface area contributed by atoms with Crippen LogP contribution in [-0.2, 0) is 9.53 Å². The van der Waals surface area contributed by atoms with E-state index in [9.17, 15) is 9.18 Å². The van der Waals surface area contributed by atoms with Crippen LogP contribution in [0.2, 0.25) is 0 Å². The molecule has 2 atom stereocenters. The third kappa shape index (κ3) is 5.27. The zero-order chi connectivity index (χ0) is 16.7. The van der Waals surface area contributed by atoms with Gasteiger partial charge in [-0.3, -0.25) is 9.69 Å². The number of hydrogen-bond acceptors (Lipinski definition) is 4. The topological polar surface area (TPSA) is 61.8 Å². The van der Waals surface area contributed by atoms with E-state index in [1.54, 1.807) is 12.1 Å². The highest BCUT2D eigenvalue weighted by Gasteiger charge is 2.29. The predicted octanol–water partition coefficient (Wildman–Crippen LogP) is 1.48. The Hall–Kier alpha value is -1.50. The molecule has 2 N–H and O–H groups in total. The van der Waals surface area contributed by atoms with Crippen LogP contribution >= 0.6 is 0 Å². The first-order valence-corrected chi connectivity index (χ1v) is 8.10. The summed E-state index contributed by atoms with van der Waals surface area (Å²) in [7, 11) is 0. The summed E-state index contributed by atoms with van der Waals surface area (Å²) in [5.41, 5.74) is 0.652. The minimum absolute atomic E-state index is 0.0354. The van der Waals surface area contributed by atoms with Gasteiger partial charge in [-0.15, -0.1) is 0 Å². The summed E-state index contributed by atoms with van der Waals surface area (Å²) < 4.78 is 18.9. The van der Waals surface area contributed by atoms with Crippen molar-refractivity contribution in [2.45, 2.75) is 31.8 Å². The van der Waals surface area contributed by atoms with E-state index in [0.717, 1.165) is 0 Å². The number of carbonyl (C=O) groups is 1. The highest BCUT2D eigenvalue weighted by atomic mass is 19.1. The highest BCUT2D eigenvalue weighted by Crippen LogP contribution is 2.23. The third-order valence-electron chi connectivity index (χ3n) is 4.01. The summed E-state index contributed by atoms with van der Waals surface area (Å²) in [5, 5.41) is 11.9. The molecule has 1 aliphatic rings. The normalized spacial score (nSPS) is 18.4. The van der Waals surface area contributed by atoms with Crippen LogP contribution in [-0.4, -0.2) is 54.9 Å². The molecule has 1 aromatic rings. The maximum absolute atomic E-state index is 13.6. The Labute approximate surface area is 136 Å². The van der Waals surface area contributed by atoms with E-state index in [1.807, 2.05) is 11.8 Å². The van der Waals surface area contributed by atoms with Crippen molar-refractivity contribution in [3.05, 3.63) is 35.6 Å². The number of morpholine rings is 1. The Morgan fingerprint density at radius 1 is 1.43 bits per heavy atom. The van der Waals surface area contributed by atoms with Crippen molar-refractivity contribution in [1.29, 1.82) is 0 Å². The summed E-state index contributed by atoms with van der Waals surface area (Å²) in [6.07, 6.45) is 1.35. The maximum atomic E-state index is 13.6. The first kappa shape index (κ1) is 17.8. The van der Waals surface area contributed by atoms with Gasteiger partial charge < -0.3 is 15.2 Å². The first-order valence-electron chi connectivity index (χ1n) is 8.10. The summed E-state index contributed by atoms with van der Waals surface area (Å²) in [6, 6.07) is 5.64. The standard InChI is InChI=1S/C17H25FN2O3/c1-13(4-3-9-21)19-17(22)16(20-7-10-23-11-8-20)14-5-2-6-15(18)12-14/h2,5-6,12-13,16,21H,3-4,7-11H2,1H3,(H,19,22). The van der Waals surface area contributed by atoms with Crippen LogP contribution in [0.15, 0.2) is 24.3 Å². The van der Waals surface area contributed by atoms with Gasteiger partial charge in [0.1, 0.15) is 11.9 Å². The monoisotopic (exact) mass is 324 g/mol. The molecule has 1 saturated heterocycles. The van der Waals surface area contributed by atoms with E-state index >= 15 is 0 Å². The Morgan fingerprint density at radius 2 is 2.17 bits per heavy atom. The van der Waals surface area contributed by atoms with Crippen molar-refractivity contribution in [2.24, 2.45) is 0 Å². The average molecular weight is 324 g/mol. The number of aliphatic hydroxyl groups is 1. The van der Waals surface area contributed by atoms with Gasteiger partial charge in [0, 0.05) is 25.7 Å². The number of ether oxygens (including phenoxy) is 1. The van der Waals surface area contributed by atoms with Crippen LogP contribution in [0.25, 0.3) is 0 Å². The fourth-order valence-electron chi connectivity index (χ4n) is 2.83. The number of halogens is 1. The maximum Gasteiger partial charge on any atom is 0.242 e. The molecule has 2 unspecified atom stereocenters. The summed E-state index contributed by atoms with van der Waals surface area (Å²) in [6.45, 7) is 4.43. The van der Waals surface area contributed by atoms with Gasteiger partial charge >= 0.3 is 0 Å². The lowest BCUT2D eigenvalue weighted by Gasteiger charge is -2.34. The number of nitrogens with zero attached hydrogens (tertiary/aromatic N) is 1. The SMILES string of the molecule is CC(CCCO)NC(=O)C(c1cccc(F)c1)N1CCOCC1. The number of carbonyl (C=O) groups excluding carboxylic acids is 1. The predicted molar refractivity (Wildman–Crippen MR) is 85.5 cm³/mol. The summed E-state index contributed by atoms with van der Waals surface area (Å²) in [5.74, 6) is -0.482. The minimum Gasteiger partial charge on any atom is -0.396 e. The quantitative estimate of drug-likeness (QED) is 0.797. The summed E-state index contributed by atoms with van der Waals surface area (Å²) in [4.78, 5) is 14.8. The number of rotatable bonds is 7. The van der Waals surface area contributed by atoms with Crippen molar-refractivity contribution in [3.8, 4) is 0 Å². The van der Waals surface area contributed by atoms with Gasteiger partial charge in [0.15, 0.2) is 0 Å². The molecule has 0 radical (unpaired) electrons. The first-order chi connectivity index (χ1) is 11.1. The molecule has 1 amide bonds. The molecule has 0 spiro atoms. The molecular formula is C17H25FN2O3. The van der Waals surface area contributed by atoms with E-state index in [4.69, 9.17) is 9.84 Å². The van der Waals surface area contributed by atoms with Crippen LogP contribution in [0.3, 0.4) is 0 Å². The second kappa shape index (κ2) is 8.96. The average Bonchev–Trinajstić information content (AvgIpc) is 2.54. The largest absolute Gasteiger partial charge is 0.396 e. The van der Waals surface area contributed by atoms with Crippen molar-refractivity contribution in [1.82, 2.24) is 10.2 Å². The van der Waals surface area contributed by atoms with Crippen molar-refractivity contribution >= 4 is 5.91 Å². The molecule has 23 heavy (non-hydrogen) atoms. The van der Waals surface area contributed by atoms with Crippen LogP contribution in [0.4, 0.5) is 4.39 Å². The van der Waals surface area contributed by atoms with Crippen molar-refractivity contribution in [3.63, 3.8) is 0 Å². The Kier molecular flexibility index (Phi) is 6.95. The molecule has 1 aromatic carbocycles. The zero-order valence-electron chi connectivity index (χ0n) is 13.5. The van der Waals surface area contributed by atoms with Gasteiger partial charge in [-0.1, -0.05) is 12.1 Å². The molecule has 0 aliphatic carbocycles. The molecule has 1 heterocycles.